The molecule has 4 N–H and O–H groups in total. The van der Waals surface area contributed by atoms with Crippen molar-refractivity contribution in [2.24, 2.45) is 5.73 Å². The van der Waals surface area contributed by atoms with Crippen LogP contribution in [0.2, 0.25) is 0 Å². The standard InChI is InChI=1S/C10H11BrFNO3/c11-4-8(14)9(15)7-3-5(12)1-2-6(7)10(13)16/h1-3,8-9,14-15H,4H2,(H2,13,16). The summed E-state index contributed by atoms with van der Waals surface area (Å²) in [5.41, 5.74) is 5.06. The fourth-order valence-electron chi connectivity index (χ4n) is 1.29. The number of halogens is 2. The van der Waals surface area contributed by atoms with Crippen LogP contribution in [-0.4, -0.2) is 27.6 Å². The van der Waals surface area contributed by atoms with Crippen molar-refractivity contribution in [1.82, 2.24) is 0 Å². The molecular weight excluding hydrogens is 281 g/mol. The van der Waals surface area contributed by atoms with Gasteiger partial charge in [-0.05, 0) is 23.8 Å². The molecule has 1 rings (SSSR count). The minimum absolute atomic E-state index is 0.00565. The topological polar surface area (TPSA) is 83.6 Å². The van der Waals surface area contributed by atoms with Crippen molar-refractivity contribution in [3.63, 3.8) is 0 Å². The molecule has 1 aromatic carbocycles. The maximum atomic E-state index is 13.0. The largest absolute Gasteiger partial charge is 0.389 e. The van der Waals surface area contributed by atoms with Crippen LogP contribution in [0.1, 0.15) is 22.0 Å². The summed E-state index contributed by atoms with van der Waals surface area (Å²) in [5.74, 6) is -1.39. The van der Waals surface area contributed by atoms with Crippen molar-refractivity contribution in [2.45, 2.75) is 12.2 Å². The minimum Gasteiger partial charge on any atom is -0.389 e. The number of carbonyl (C=O) groups is 1. The lowest BCUT2D eigenvalue weighted by Crippen LogP contribution is -2.23. The maximum absolute atomic E-state index is 13.0. The summed E-state index contributed by atoms with van der Waals surface area (Å²) >= 11 is 2.97. The zero-order valence-electron chi connectivity index (χ0n) is 8.23. The van der Waals surface area contributed by atoms with E-state index in [2.05, 4.69) is 15.9 Å². The summed E-state index contributed by atoms with van der Waals surface area (Å²) in [6.45, 7) is 0. The van der Waals surface area contributed by atoms with E-state index in [9.17, 15) is 19.4 Å². The van der Waals surface area contributed by atoms with Gasteiger partial charge in [0.15, 0.2) is 0 Å². The van der Waals surface area contributed by atoms with E-state index < -0.39 is 23.9 Å². The summed E-state index contributed by atoms with van der Waals surface area (Å²) < 4.78 is 13.0. The van der Waals surface area contributed by atoms with Crippen molar-refractivity contribution in [3.05, 3.63) is 35.1 Å². The first kappa shape index (κ1) is 13.1. The number of hydrogen-bond donors (Lipinski definition) is 3. The normalized spacial score (nSPS) is 14.5. The molecule has 0 aliphatic rings. The van der Waals surface area contributed by atoms with Gasteiger partial charge in [-0.3, -0.25) is 4.79 Å². The highest BCUT2D eigenvalue weighted by molar-refractivity contribution is 9.09. The minimum atomic E-state index is -1.36. The molecule has 2 atom stereocenters. The van der Waals surface area contributed by atoms with Crippen molar-refractivity contribution in [2.75, 3.05) is 5.33 Å². The Kier molecular flexibility index (Phi) is 4.40. The van der Waals surface area contributed by atoms with Gasteiger partial charge in [-0.1, -0.05) is 15.9 Å². The third-order valence-corrected chi connectivity index (χ3v) is 2.78. The third-order valence-electron chi connectivity index (χ3n) is 2.12. The second-order valence-electron chi connectivity index (χ2n) is 3.26. The van der Waals surface area contributed by atoms with Crippen LogP contribution < -0.4 is 5.73 Å². The second kappa shape index (κ2) is 5.38. The van der Waals surface area contributed by atoms with Gasteiger partial charge in [0, 0.05) is 10.9 Å². The van der Waals surface area contributed by atoms with Crippen molar-refractivity contribution >= 4 is 21.8 Å². The summed E-state index contributed by atoms with van der Waals surface area (Å²) in [6, 6.07) is 3.23. The molecule has 0 fully saturated rings. The molecule has 16 heavy (non-hydrogen) atoms. The summed E-state index contributed by atoms with van der Waals surface area (Å²) in [4.78, 5) is 11.0. The Hall–Kier alpha value is -0.980. The molecular formula is C10H11BrFNO3. The van der Waals surface area contributed by atoms with Crippen LogP contribution in [0.4, 0.5) is 4.39 Å². The molecule has 0 saturated heterocycles. The Bertz CT molecular complexity index is 400. The number of rotatable bonds is 4. The van der Waals surface area contributed by atoms with Gasteiger partial charge in [-0.25, -0.2) is 4.39 Å². The Morgan fingerprint density at radius 2 is 2.12 bits per heavy atom. The van der Waals surface area contributed by atoms with E-state index in [1.165, 1.54) is 6.07 Å². The van der Waals surface area contributed by atoms with E-state index in [1.54, 1.807) is 0 Å². The van der Waals surface area contributed by atoms with Gasteiger partial charge >= 0.3 is 0 Å². The summed E-state index contributed by atoms with van der Waals surface area (Å²) in [5, 5.41) is 19.2. The molecule has 4 nitrogen and oxygen atoms in total. The Morgan fingerprint density at radius 1 is 1.50 bits per heavy atom. The number of aliphatic hydroxyl groups is 2. The van der Waals surface area contributed by atoms with Gasteiger partial charge < -0.3 is 15.9 Å². The first-order valence-electron chi connectivity index (χ1n) is 4.48. The maximum Gasteiger partial charge on any atom is 0.249 e. The number of hydrogen-bond acceptors (Lipinski definition) is 3. The van der Waals surface area contributed by atoms with E-state index in [0.29, 0.717) is 0 Å². The lowest BCUT2D eigenvalue weighted by molar-refractivity contribution is 0.0335. The quantitative estimate of drug-likeness (QED) is 0.715. The molecule has 0 aliphatic carbocycles. The Labute approximate surface area is 100 Å². The number of carbonyl (C=O) groups excluding carboxylic acids is 1. The van der Waals surface area contributed by atoms with Gasteiger partial charge in [0.2, 0.25) is 5.91 Å². The van der Waals surface area contributed by atoms with Crippen molar-refractivity contribution in [1.29, 1.82) is 0 Å². The number of aliphatic hydroxyl groups excluding tert-OH is 2. The van der Waals surface area contributed by atoms with Gasteiger partial charge in [0.1, 0.15) is 11.9 Å². The van der Waals surface area contributed by atoms with E-state index in [4.69, 9.17) is 5.73 Å². The van der Waals surface area contributed by atoms with Gasteiger partial charge in [-0.2, -0.15) is 0 Å². The van der Waals surface area contributed by atoms with E-state index >= 15 is 0 Å². The lowest BCUT2D eigenvalue weighted by atomic mass is 9.98. The lowest BCUT2D eigenvalue weighted by Gasteiger charge is -2.18. The average molecular weight is 292 g/mol. The molecule has 1 aromatic rings. The highest BCUT2D eigenvalue weighted by atomic mass is 79.9. The molecule has 0 radical (unpaired) electrons. The van der Waals surface area contributed by atoms with Gasteiger partial charge in [-0.15, -0.1) is 0 Å². The smallest absolute Gasteiger partial charge is 0.249 e. The van der Waals surface area contributed by atoms with E-state index in [1.807, 2.05) is 0 Å². The highest BCUT2D eigenvalue weighted by Crippen LogP contribution is 2.23. The van der Waals surface area contributed by atoms with E-state index in [-0.39, 0.29) is 16.5 Å². The predicted octanol–water partition coefficient (Wildman–Crippen LogP) is 0.714. The average Bonchev–Trinajstić information content (AvgIpc) is 2.26. The van der Waals surface area contributed by atoms with Crippen LogP contribution in [0, 0.1) is 5.82 Å². The van der Waals surface area contributed by atoms with Gasteiger partial charge in [0.05, 0.1) is 6.10 Å². The summed E-state index contributed by atoms with van der Waals surface area (Å²) in [7, 11) is 0. The predicted molar refractivity (Wildman–Crippen MR) is 59.7 cm³/mol. The number of primary amides is 1. The zero-order chi connectivity index (χ0) is 12.3. The monoisotopic (exact) mass is 291 g/mol. The number of benzene rings is 1. The molecule has 0 bridgehead atoms. The van der Waals surface area contributed by atoms with Crippen LogP contribution >= 0.6 is 15.9 Å². The molecule has 88 valence electrons. The first-order valence-corrected chi connectivity index (χ1v) is 5.61. The van der Waals surface area contributed by atoms with Crippen LogP contribution in [0.15, 0.2) is 18.2 Å². The molecule has 0 saturated carbocycles. The number of amides is 1. The zero-order valence-corrected chi connectivity index (χ0v) is 9.82. The second-order valence-corrected chi connectivity index (χ2v) is 3.91. The molecule has 0 heterocycles. The van der Waals surface area contributed by atoms with Crippen LogP contribution in [-0.2, 0) is 0 Å². The third kappa shape index (κ3) is 2.78. The first-order chi connectivity index (χ1) is 7.47. The number of alkyl halides is 1. The molecule has 0 aromatic heterocycles. The molecule has 0 spiro atoms. The highest BCUT2D eigenvalue weighted by Gasteiger charge is 2.22. The van der Waals surface area contributed by atoms with Crippen LogP contribution in [0.5, 0.6) is 0 Å². The molecule has 6 heteroatoms. The van der Waals surface area contributed by atoms with Crippen LogP contribution in [0.3, 0.4) is 0 Å². The molecule has 1 amide bonds. The van der Waals surface area contributed by atoms with Gasteiger partial charge in [0.25, 0.3) is 0 Å². The number of nitrogens with two attached hydrogens (primary N) is 1. The van der Waals surface area contributed by atoms with Crippen LogP contribution in [0.25, 0.3) is 0 Å². The summed E-state index contributed by atoms with van der Waals surface area (Å²) in [6.07, 6.45) is -2.50. The van der Waals surface area contributed by atoms with Crippen molar-refractivity contribution < 1.29 is 19.4 Å². The Morgan fingerprint density at radius 3 is 2.62 bits per heavy atom. The molecule has 0 aliphatic heterocycles. The molecule has 2 unspecified atom stereocenters. The van der Waals surface area contributed by atoms with Crippen molar-refractivity contribution in [3.8, 4) is 0 Å². The Balaban J connectivity index is 3.19. The fourth-order valence-corrected chi connectivity index (χ4v) is 1.65. The SMILES string of the molecule is NC(=O)c1ccc(F)cc1C(O)C(O)CBr. The van der Waals surface area contributed by atoms with E-state index in [0.717, 1.165) is 12.1 Å². The fraction of sp³-hybridized carbons (Fsp3) is 0.300.